The van der Waals surface area contributed by atoms with E-state index in [0.717, 1.165) is 14.7 Å². The van der Waals surface area contributed by atoms with E-state index in [1.165, 1.54) is 0 Å². The van der Waals surface area contributed by atoms with Crippen LogP contribution in [0.5, 0.6) is 5.75 Å². The van der Waals surface area contributed by atoms with Crippen LogP contribution in [0.1, 0.15) is 21.5 Å². The van der Waals surface area contributed by atoms with Gasteiger partial charge >= 0.3 is 0 Å². The Hall–Kier alpha value is -2.09. The van der Waals surface area contributed by atoms with Gasteiger partial charge in [0.05, 0.1) is 0 Å². The fraction of sp³-hybridized carbons (Fsp3) is 0.176. The van der Waals surface area contributed by atoms with Crippen molar-refractivity contribution in [2.75, 3.05) is 6.61 Å². The van der Waals surface area contributed by atoms with Crippen LogP contribution < -0.4 is 15.6 Å². The topological polar surface area (TPSA) is 67.4 Å². The van der Waals surface area contributed by atoms with Gasteiger partial charge in [-0.2, -0.15) is 0 Å². The fourth-order valence-corrected chi connectivity index (χ4v) is 2.36. The molecule has 0 aliphatic carbocycles. The molecule has 0 aliphatic heterocycles. The molecule has 0 radical (unpaired) electrons. The number of hydrogen-bond acceptors (Lipinski definition) is 3. The average Bonchev–Trinajstić information content (AvgIpc) is 2.50. The third-order valence-corrected chi connectivity index (χ3v) is 3.71. The molecule has 0 bridgehead atoms. The summed E-state index contributed by atoms with van der Waals surface area (Å²) in [6, 6.07) is 12.7. The van der Waals surface area contributed by atoms with Crippen LogP contribution in [0.3, 0.4) is 0 Å². The monoisotopic (exact) mass is 424 g/mol. The van der Waals surface area contributed by atoms with Crippen molar-refractivity contribution >= 4 is 34.4 Å². The minimum Gasteiger partial charge on any atom is -0.484 e. The average molecular weight is 424 g/mol. The zero-order valence-corrected chi connectivity index (χ0v) is 15.0. The molecule has 2 N–H and O–H groups in total. The largest absolute Gasteiger partial charge is 0.484 e. The quantitative estimate of drug-likeness (QED) is 0.586. The first-order chi connectivity index (χ1) is 10.9. The van der Waals surface area contributed by atoms with Crippen LogP contribution in [0.15, 0.2) is 42.5 Å². The number of aryl methyl sites for hydroxylation is 2. The second kappa shape index (κ2) is 7.96. The summed E-state index contributed by atoms with van der Waals surface area (Å²) in [7, 11) is 0. The molecule has 2 rings (SSSR count). The molecule has 0 atom stereocenters. The minimum absolute atomic E-state index is 0.171. The number of rotatable bonds is 4. The van der Waals surface area contributed by atoms with E-state index in [0.29, 0.717) is 11.3 Å². The Morgan fingerprint density at radius 2 is 1.61 bits per heavy atom. The molecule has 2 aromatic rings. The smallest absolute Gasteiger partial charge is 0.276 e. The highest BCUT2D eigenvalue weighted by atomic mass is 127. The Balaban J connectivity index is 1.80. The summed E-state index contributed by atoms with van der Waals surface area (Å²) in [5.74, 6) is -0.175. The van der Waals surface area contributed by atoms with Crippen molar-refractivity contribution in [3.05, 3.63) is 62.7 Å². The lowest BCUT2D eigenvalue weighted by Gasteiger charge is -2.10. The summed E-state index contributed by atoms with van der Waals surface area (Å²) in [5, 5.41) is 0. The normalized spacial score (nSPS) is 10.0. The predicted octanol–water partition coefficient (Wildman–Crippen LogP) is 2.75. The number of nitrogens with one attached hydrogen (secondary N) is 2. The number of carbonyl (C=O) groups excluding carboxylic acids is 2. The number of amides is 2. The van der Waals surface area contributed by atoms with Crippen LogP contribution in [-0.2, 0) is 4.79 Å². The van der Waals surface area contributed by atoms with E-state index in [-0.39, 0.29) is 12.5 Å². The van der Waals surface area contributed by atoms with E-state index in [9.17, 15) is 9.59 Å². The third-order valence-electron chi connectivity index (χ3n) is 2.99. The number of carbonyl (C=O) groups is 2. The van der Waals surface area contributed by atoms with E-state index >= 15 is 0 Å². The minimum atomic E-state index is -0.428. The third kappa shape index (κ3) is 5.55. The van der Waals surface area contributed by atoms with Crippen LogP contribution >= 0.6 is 22.6 Å². The SMILES string of the molecule is Cc1cc(C)cc(OCC(=O)NNC(=O)c2ccc(I)cc2)c1. The first-order valence-electron chi connectivity index (χ1n) is 7.00. The molecule has 23 heavy (non-hydrogen) atoms. The summed E-state index contributed by atoms with van der Waals surface area (Å²) >= 11 is 2.15. The van der Waals surface area contributed by atoms with Crippen molar-refractivity contribution in [3.63, 3.8) is 0 Å². The van der Waals surface area contributed by atoms with E-state index < -0.39 is 5.91 Å². The predicted molar refractivity (Wildman–Crippen MR) is 96.2 cm³/mol. The molecule has 0 spiro atoms. The van der Waals surface area contributed by atoms with Crippen LogP contribution in [0.4, 0.5) is 0 Å². The highest BCUT2D eigenvalue weighted by Crippen LogP contribution is 2.15. The molecule has 0 heterocycles. The lowest BCUT2D eigenvalue weighted by molar-refractivity contribution is -0.123. The maximum atomic E-state index is 11.9. The van der Waals surface area contributed by atoms with Gasteiger partial charge in [-0.3, -0.25) is 20.4 Å². The van der Waals surface area contributed by atoms with Gasteiger partial charge in [-0.25, -0.2) is 0 Å². The number of ether oxygens (including phenoxy) is 1. The number of hydrogen-bond donors (Lipinski definition) is 2. The zero-order valence-electron chi connectivity index (χ0n) is 12.9. The van der Waals surface area contributed by atoms with Crippen molar-refractivity contribution in [1.29, 1.82) is 0 Å². The maximum absolute atomic E-state index is 11.9. The van der Waals surface area contributed by atoms with E-state index in [1.807, 2.05) is 44.2 Å². The van der Waals surface area contributed by atoms with Crippen LogP contribution in [0.2, 0.25) is 0 Å². The van der Waals surface area contributed by atoms with Crippen LogP contribution in [-0.4, -0.2) is 18.4 Å². The molecule has 0 fully saturated rings. The first kappa shape index (κ1) is 17.3. The summed E-state index contributed by atoms with van der Waals surface area (Å²) in [6.45, 7) is 3.75. The molecule has 2 aromatic carbocycles. The van der Waals surface area contributed by atoms with Gasteiger partial charge in [0, 0.05) is 9.13 Å². The molecule has 120 valence electrons. The fourth-order valence-electron chi connectivity index (χ4n) is 2.00. The molecule has 0 saturated carbocycles. The molecular weight excluding hydrogens is 407 g/mol. The molecule has 6 heteroatoms. The lowest BCUT2D eigenvalue weighted by atomic mass is 10.1. The van der Waals surface area contributed by atoms with Crippen molar-refractivity contribution in [1.82, 2.24) is 10.9 Å². The lowest BCUT2D eigenvalue weighted by Crippen LogP contribution is -2.43. The van der Waals surface area contributed by atoms with Crippen molar-refractivity contribution in [3.8, 4) is 5.75 Å². The van der Waals surface area contributed by atoms with Crippen LogP contribution in [0.25, 0.3) is 0 Å². The standard InChI is InChI=1S/C17H17IN2O3/c1-11-7-12(2)9-15(8-11)23-10-16(21)19-20-17(22)13-3-5-14(18)6-4-13/h3-9H,10H2,1-2H3,(H,19,21)(H,20,22). The Kier molecular flexibility index (Phi) is 5.97. The molecular formula is C17H17IN2O3. The van der Waals surface area contributed by atoms with Gasteiger partial charge in [-0.15, -0.1) is 0 Å². The Morgan fingerprint density at radius 1 is 1.00 bits per heavy atom. The van der Waals surface area contributed by atoms with Gasteiger partial charge in [-0.1, -0.05) is 6.07 Å². The van der Waals surface area contributed by atoms with Gasteiger partial charge in [0.25, 0.3) is 11.8 Å². The van der Waals surface area contributed by atoms with E-state index in [2.05, 4.69) is 33.4 Å². The number of benzene rings is 2. The summed E-state index contributed by atoms with van der Waals surface area (Å²) in [6.07, 6.45) is 0. The highest BCUT2D eigenvalue weighted by Gasteiger charge is 2.08. The Labute approximate surface area is 148 Å². The highest BCUT2D eigenvalue weighted by molar-refractivity contribution is 14.1. The molecule has 5 nitrogen and oxygen atoms in total. The molecule has 0 aliphatic rings. The second-order valence-corrected chi connectivity index (χ2v) is 6.37. The summed E-state index contributed by atoms with van der Waals surface area (Å²) < 4.78 is 6.45. The zero-order chi connectivity index (χ0) is 16.8. The number of halogens is 1. The van der Waals surface area contributed by atoms with E-state index in [4.69, 9.17) is 4.74 Å². The van der Waals surface area contributed by atoms with Crippen LogP contribution in [0, 0.1) is 17.4 Å². The Bertz CT molecular complexity index is 694. The van der Waals surface area contributed by atoms with Crippen molar-refractivity contribution < 1.29 is 14.3 Å². The van der Waals surface area contributed by atoms with Gasteiger partial charge in [0.1, 0.15) is 5.75 Å². The van der Waals surface area contributed by atoms with Gasteiger partial charge in [0.2, 0.25) is 0 Å². The molecule has 0 saturated heterocycles. The van der Waals surface area contributed by atoms with E-state index in [1.54, 1.807) is 12.1 Å². The summed E-state index contributed by atoms with van der Waals surface area (Å²) in [5.41, 5.74) is 7.28. The van der Waals surface area contributed by atoms with Gasteiger partial charge in [0.15, 0.2) is 6.61 Å². The Morgan fingerprint density at radius 3 is 2.22 bits per heavy atom. The van der Waals surface area contributed by atoms with Crippen molar-refractivity contribution in [2.24, 2.45) is 0 Å². The molecule has 2 amide bonds. The second-order valence-electron chi connectivity index (χ2n) is 5.12. The molecule has 0 unspecified atom stereocenters. The first-order valence-corrected chi connectivity index (χ1v) is 8.08. The van der Waals surface area contributed by atoms with Gasteiger partial charge in [-0.05, 0) is 84.0 Å². The maximum Gasteiger partial charge on any atom is 0.276 e. The van der Waals surface area contributed by atoms with Crippen molar-refractivity contribution in [2.45, 2.75) is 13.8 Å². The number of hydrazine groups is 1. The van der Waals surface area contributed by atoms with Gasteiger partial charge < -0.3 is 4.74 Å². The summed E-state index contributed by atoms with van der Waals surface area (Å²) in [4.78, 5) is 23.6. The molecule has 0 aromatic heterocycles.